The lowest BCUT2D eigenvalue weighted by molar-refractivity contribution is 1.08. The van der Waals surface area contributed by atoms with Crippen molar-refractivity contribution in [1.29, 1.82) is 0 Å². The van der Waals surface area contributed by atoms with Gasteiger partial charge < -0.3 is 14.0 Å². The summed E-state index contributed by atoms with van der Waals surface area (Å²) in [5.41, 5.74) is 9.00. The van der Waals surface area contributed by atoms with Gasteiger partial charge in [0.1, 0.15) is 0 Å². The Kier molecular flexibility index (Phi) is 8.48. The lowest BCUT2D eigenvalue weighted by atomic mass is 10.2. The fourth-order valence-electron chi connectivity index (χ4n) is 5.77. The highest BCUT2D eigenvalue weighted by atomic mass is 28.3. The molecule has 6 rings (SSSR count). The van der Waals surface area contributed by atoms with Gasteiger partial charge in [-0.3, -0.25) is 0 Å². The first kappa shape index (κ1) is 27.8. The van der Waals surface area contributed by atoms with E-state index in [9.17, 15) is 0 Å². The van der Waals surface area contributed by atoms with Crippen molar-refractivity contribution in [2.45, 2.75) is 0 Å². The summed E-state index contributed by atoms with van der Waals surface area (Å²) in [7, 11) is -3.06. The monoisotopic (exact) mass is 573 g/mol. The van der Waals surface area contributed by atoms with Gasteiger partial charge in [0, 0.05) is 34.1 Å². The van der Waals surface area contributed by atoms with E-state index < -0.39 is 8.40 Å². The van der Waals surface area contributed by atoms with Crippen molar-refractivity contribution in [3.05, 3.63) is 194 Å². The Labute approximate surface area is 256 Å². The minimum absolute atomic E-state index is 0.693. The predicted molar refractivity (Wildman–Crippen MR) is 186 cm³/mol. The molecule has 0 fully saturated rings. The number of hydrogen-bond acceptors (Lipinski definition) is 3. The van der Waals surface area contributed by atoms with Crippen LogP contribution in [0, 0.1) is 0 Å². The second-order valence-electron chi connectivity index (χ2n) is 10.4. The Balaban J connectivity index is 1.68. The number of hydrogen-bond donors (Lipinski definition) is 0. The van der Waals surface area contributed by atoms with E-state index in [2.05, 4.69) is 208 Å². The molecule has 0 amide bonds. The fourth-order valence-corrected chi connectivity index (χ4v) is 9.96. The van der Waals surface area contributed by atoms with Crippen molar-refractivity contribution in [1.82, 2.24) is 0 Å². The van der Waals surface area contributed by atoms with Crippen molar-refractivity contribution < 1.29 is 0 Å². The Morgan fingerprint density at radius 1 is 0.372 bits per heavy atom. The summed E-state index contributed by atoms with van der Waals surface area (Å²) in [6.07, 6.45) is 0.693. The molecule has 0 unspecified atom stereocenters. The first-order chi connectivity index (χ1) is 21.3. The first-order valence-corrected chi connectivity index (χ1v) is 16.8. The van der Waals surface area contributed by atoms with Crippen LogP contribution < -0.4 is 14.0 Å². The number of rotatable bonds is 11. The molecule has 0 spiro atoms. The van der Waals surface area contributed by atoms with Crippen LogP contribution in [-0.2, 0) is 0 Å². The average Bonchev–Trinajstić information content (AvgIpc) is 3.10. The zero-order valence-corrected chi connectivity index (χ0v) is 25.2. The summed E-state index contributed by atoms with van der Waals surface area (Å²) in [4.78, 5) is 2.45. The summed E-state index contributed by atoms with van der Waals surface area (Å²) in [5, 5.41) is 0. The van der Waals surface area contributed by atoms with Crippen molar-refractivity contribution >= 4 is 42.5 Å². The maximum absolute atomic E-state index is 4.67. The van der Waals surface area contributed by atoms with Crippen LogP contribution in [0.25, 0.3) is 0 Å². The van der Waals surface area contributed by atoms with Gasteiger partial charge >= 0.3 is 8.40 Å². The van der Waals surface area contributed by atoms with Crippen LogP contribution in [-0.4, -0.2) is 14.6 Å². The summed E-state index contributed by atoms with van der Waals surface area (Å²) < 4.78 is 5.11. The number of para-hydroxylation sites is 6. The Bertz CT molecular complexity index is 1500. The van der Waals surface area contributed by atoms with E-state index in [1.54, 1.807) is 0 Å². The quantitative estimate of drug-likeness (QED) is 0.143. The van der Waals surface area contributed by atoms with Gasteiger partial charge in [-0.2, -0.15) is 0 Å². The molecule has 0 radical (unpaired) electrons. The van der Waals surface area contributed by atoms with Gasteiger partial charge in [-0.05, 0) is 72.8 Å². The molecule has 0 bridgehead atoms. The topological polar surface area (TPSA) is 9.72 Å². The van der Waals surface area contributed by atoms with Crippen LogP contribution in [0.2, 0.25) is 0 Å². The number of benzene rings is 6. The van der Waals surface area contributed by atoms with Gasteiger partial charge in [-0.15, -0.1) is 6.58 Å². The third kappa shape index (κ3) is 5.87. The molecule has 210 valence electrons. The Morgan fingerprint density at radius 2 is 0.605 bits per heavy atom. The molecule has 0 atom stereocenters. The number of anilines is 6. The number of nitrogens with zero attached hydrogens (tertiary/aromatic N) is 3. The standard InChI is InChI=1S/C39H35N3Si/c1-2-43(41(36-25-13-5-14-26-36)37-27-15-6-16-28-37,42(38-29-17-7-18-30-38)39-31-19-8-20-32-39)33-40(34-21-9-3-10-22-34)35-23-11-4-12-24-35/h2-32H,1,33H2. The highest BCUT2D eigenvalue weighted by Gasteiger charge is 2.48. The van der Waals surface area contributed by atoms with E-state index in [4.69, 9.17) is 0 Å². The molecule has 3 nitrogen and oxygen atoms in total. The Morgan fingerprint density at radius 3 is 0.837 bits per heavy atom. The van der Waals surface area contributed by atoms with Crippen LogP contribution in [0.4, 0.5) is 34.1 Å². The van der Waals surface area contributed by atoms with Crippen molar-refractivity contribution in [3.63, 3.8) is 0 Å². The van der Waals surface area contributed by atoms with Crippen molar-refractivity contribution in [3.8, 4) is 0 Å². The average molecular weight is 574 g/mol. The lowest BCUT2D eigenvalue weighted by Gasteiger charge is -2.51. The van der Waals surface area contributed by atoms with E-state index >= 15 is 0 Å². The third-order valence-corrected chi connectivity index (χ3v) is 11.7. The second kappa shape index (κ2) is 13.1. The Hall–Kier alpha value is -5.32. The maximum atomic E-state index is 4.67. The molecule has 0 aromatic heterocycles. The fraction of sp³-hybridized carbons (Fsp3) is 0.0256. The molecular formula is C39H35N3Si. The third-order valence-electron chi connectivity index (χ3n) is 7.69. The zero-order chi connectivity index (χ0) is 29.3. The van der Waals surface area contributed by atoms with E-state index in [-0.39, 0.29) is 0 Å². The van der Waals surface area contributed by atoms with Crippen LogP contribution in [0.15, 0.2) is 194 Å². The summed E-state index contributed by atoms with van der Waals surface area (Å²) in [6.45, 7) is 4.67. The predicted octanol–water partition coefficient (Wildman–Crippen LogP) is 10.2. The van der Waals surface area contributed by atoms with E-state index in [0.29, 0.717) is 6.17 Å². The smallest absolute Gasteiger partial charge is 0.319 e. The summed E-state index contributed by atoms with van der Waals surface area (Å²) >= 11 is 0. The zero-order valence-electron chi connectivity index (χ0n) is 24.2. The molecule has 4 heteroatoms. The van der Waals surface area contributed by atoms with Gasteiger partial charge in [-0.25, -0.2) is 0 Å². The highest BCUT2D eigenvalue weighted by molar-refractivity contribution is 6.93. The second-order valence-corrected chi connectivity index (χ2v) is 13.7. The lowest BCUT2D eigenvalue weighted by Crippen LogP contribution is -2.68. The molecule has 0 heterocycles. The molecule has 6 aromatic rings. The van der Waals surface area contributed by atoms with Gasteiger partial charge in [0.05, 0.1) is 6.17 Å². The van der Waals surface area contributed by atoms with E-state index in [0.717, 1.165) is 34.1 Å². The maximum Gasteiger partial charge on any atom is 0.319 e. The van der Waals surface area contributed by atoms with Gasteiger partial charge in [-0.1, -0.05) is 115 Å². The van der Waals surface area contributed by atoms with Crippen LogP contribution in [0.5, 0.6) is 0 Å². The van der Waals surface area contributed by atoms with E-state index in [1.165, 1.54) is 0 Å². The molecule has 0 aliphatic rings. The molecule has 0 aliphatic heterocycles. The van der Waals surface area contributed by atoms with Crippen LogP contribution in [0.3, 0.4) is 0 Å². The summed E-state index contributed by atoms with van der Waals surface area (Å²) in [5.74, 6) is 0. The van der Waals surface area contributed by atoms with Gasteiger partial charge in [0.15, 0.2) is 0 Å². The van der Waals surface area contributed by atoms with Crippen LogP contribution >= 0.6 is 0 Å². The minimum atomic E-state index is -3.06. The first-order valence-electron chi connectivity index (χ1n) is 14.6. The van der Waals surface area contributed by atoms with Crippen molar-refractivity contribution in [2.24, 2.45) is 0 Å². The molecule has 0 N–H and O–H groups in total. The summed E-state index contributed by atoms with van der Waals surface area (Å²) in [6, 6.07) is 64.3. The molecule has 0 aliphatic carbocycles. The normalized spacial score (nSPS) is 11.0. The van der Waals surface area contributed by atoms with E-state index in [1.807, 2.05) is 0 Å². The molecular weight excluding hydrogens is 539 g/mol. The van der Waals surface area contributed by atoms with Crippen LogP contribution in [0.1, 0.15) is 0 Å². The molecule has 0 saturated heterocycles. The largest absolute Gasteiger partial charge is 0.346 e. The van der Waals surface area contributed by atoms with Gasteiger partial charge in [0.25, 0.3) is 0 Å². The highest BCUT2D eigenvalue weighted by Crippen LogP contribution is 2.42. The van der Waals surface area contributed by atoms with Gasteiger partial charge in [0.2, 0.25) is 0 Å². The van der Waals surface area contributed by atoms with Crippen molar-refractivity contribution in [2.75, 3.05) is 20.2 Å². The molecule has 6 aromatic carbocycles. The molecule has 43 heavy (non-hydrogen) atoms. The SMILES string of the molecule is C=C[Si](CN(c1ccccc1)c1ccccc1)(N(c1ccccc1)c1ccccc1)N(c1ccccc1)c1ccccc1. The molecule has 0 saturated carbocycles. The minimum Gasteiger partial charge on any atom is -0.346 e.